The minimum atomic E-state index is -0.849. The number of aliphatic hydroxyl groups excluding tert-OH is 1. The second-order valence-electron chi connectivity index (χ2n) is 8.22. The molecule has 1 aliphatic rings. The molecule has 3 aromatic carbocycles. The van der Waals surface area contributed by atoms with Gasteiger partial charge >= 0.3 is 0 Å². The van der Waals surface area contributed by atoms with E-state index in [0.29, 0.717) is 11.0 Å². The van der Waals surface area contributed by atoms with Crippen molar-refractivity contribution in [2.24, 2.45) is 0 Å². The van der Waals surface area contributed by atoms with Gasteiger partial charge in [0.15, 0.2) is 17.4 Å². The lowest BCUT2D eigenvalue weighted by molar-refractivity contribution is 0.0384. The van der Waals surface area contributed by atoms with E-state index in [1.165, 1.54) is 11.1 Å². The van der Waals surface area contributed by atoms with Gasteiger partial charge in [-0.1, -0.05) is 76.6 Å². The first-order valence-corrected chi connectivity index (χ1v) is 11.8. The van der Waals surface area contributed by atoms with Crippen molar-refractivity contribution in [1.82, 2.24) is 9.80 Å². The van der Waals surface area contributed by atoms with Gasteiger partial charge in [-0.2, -0.15) is 0 Å². The number of benzene rings is 3. The van der Waals surface area contributed by atoms with Crippen LogP contribution in [0.1, 0.15) is 17.2 Å². The van der Waals surface area contributed by atoms with E-state index in [0.717, 1.165) is 38.3 Å². The molecular formula is C26H29BrCl2F2N2O2. The number of β-amino-alcohol motifs (C(OH)–C–C–N with tert-alkyl or cyclic N) is 1. The van der Waals surface area contributed by atoms with Crippen LogP contribution in [-0.4, -0.2) is 60.3 Å². The van der Waals surface area contributed by atoms with Gasteiger partial charge in [-0.25, -0.2) is 8.78 Å². The predicted octanol–water partition coefficient (Wildman–Crippen LogP) is 5.72. The van der Waals surface area contributed by atoms with Crippen LogP contribution in [0.4, 0.5) is 8.78 Å². The Morgan fingerprint density at radius 1 is 0.829 bits per heavy atom. The van der Waals surface area contributed by atoms with Gasteiger partial charge < -0.3 is 9.84 Å². The first-order valence-electron chi connectivity index (χ1n) is 11.0. The van der Waals surface area contributed by atoms with Crippen molar-refractivity contribution in [3.05, 3.63) is 100 Å². The Morgan fingerprint density at radius 2 is 1.31 bits per heavy atom. The molecule has 4 nitrogen and oxygen atoms in total. The molecular weight excluding hydrogens is 561 g/mol. The number of aliphatic hydroxyl groups is 1. The van der Waals surface area contributed by atoms with Crippen molar-refractivity contribution in [1.29, 1.82) is 0 Å². The molecule has 0 aromatic heterocycles. The van der Waals surface area contributed by atoms with Crippen LogP contribution in [0.2, 0.25) is 0 Å². The van der Waals surface area contributed by atoms with Crippen molar-refractivity contribution >= 4 is 40.7 Å². The van der Waals surface area contributed by atoms with Gasteiger partial charge in [0.05, 0.1) is 6.04 Å². The van der Waals surface area contributed by atoms with Gasteiger partial charge in [0.1, 0.15) is 12.7 Å². The Bertz CT molecular complexity index is 980. The van der Waals surface area contributed by atoms with Crippen molar-refractivity contribution in [2.45, 2.75) is 12.1 Å². The summed E-state index contributed by atoms with van der Waals surface area (Å²) < 4.78 is 33.4. The van der Waals surface area contributed by atoms with Crippen molar-refractivity contribution in [2.75, 3.05) is 39.3 Å². The average Bonchev–Trinajstić information content (AvgIpc) is 2.81. The highest BCUT2D eigenvalue weighted by molar-refractivity contribution is 9.10. The van der Waals surface area contributed by atoms with E-state index < -0.39 is 23.5 Å². The van der Waals surface area contributed by atoms with Gasteiger partial charge in [0, 0.05) is 37.2 Å². The summed E-state index contributed by atoms with van der Waals surface area (Å²) in [7, 11) is 0. The van der Waals surface area contributed by atoms with Crippen LogP contribution in [0.15, 0.2) is 77.3 Å². The van der Waals surface area contributed by atoms with Crippen LogP contribution < -0.4 is 4.74 Å². The molecule has 1 atom stereocenters. The number of hydrogen-bond acceptors (Lipinski definition) is 4. The highest BCUT2D eigenvalue weighted by atomic mass is 79.9. The van der Waals surface area contributed by atoms with Gasteiger partial charge in [0.2, 0.25) is 0 Å². The molecule has 190 valence electrons. The second kappa shape index (κ2) is 14.1. The quantitative estimate of drug-likeness (QED) is 0.365. The van der Waals surface area contributed by atoms with Crippen LogP contribution in [-0.2, 0) is 0 Å². The summed E-state index contributed by atoms with van der Waals surface area (Å²) in [4.78, 5) is 4.61. The van der Waals surface area contributed by atoms with E-state index in [-0.39, 0.29) is 37.5 Å². The molecule has 0 radical (unpaired) electrons. The fourth-order valence-corrected chi connectivity index (χ4v) is 4.69. The zero-order valence-corrected chi connectivity index (χ0v) is 22.2. The normalized spacial score (nSPS) is 15.2. The van der Waals surface area contributed by atoms with Crippen LogP contribution in [0, 0.1) is 11.6 Å². The number of nitrogens with zero attached hydrogens (tertiary/aromatic N) is 2. The van der Waals surface area contributed by atoms with Crippen LogP contribution in [0.5, 0.6) is 5.75 Å². The maximum Gasteiger partial charge on any atom is 0.190 e. The third kappa shape index (κ3) is 7.87. The highest BCUT2D eigenvalue weighted by Gasteiger charge is 2.27. The SMILES string of the molecule is Cl.Cl.OC(COc1c(F)cc(Br)cc1F)CN1CCN(C(c2ccccc2)c2ccccc2)CC1. The Kier molecular flexibility index (Phi) is 11.9. The van der Waals surface area contributed by atoms with E-state index in [9.17, 15) is 13.9 Å². The van der Waals surface area contributed by atoms with E-state index in [2.05, 4.69) is 74.3 Å². The number of piperazine rings is 1. The van der Waals surface area contributed by atoms with E-state index in [1.807, 2.05) is 12.1 Å². The Balaban J connectivity index is 0.00000216. The smallest absolute Gasteiger partial charge is 0.190 e. The molecule has 3 aromatic rings. The molecule has 1 N–H and O–H groups in total. The van der Waals surface area contributed by atoms with Gasteiger partial charge in [-0.05, 0) is 23.3 Å². The van der Waals surface area contributed by atoms with Crippen molar-refractivity contribution in [3.8, 4) is 5.75 Å². The van der Waals surface area contributed by atoms with E-state index in [1.54, 1.807) is 0 Å². The van der Waals surface area contributed by atoms with E-state index >= 15 is 0 Å². The zero-order valence-electron chi connectivity index (χ0n) is 19.0. The van der Waals surface area contributed by atoms with Gasteiger partial charge in [-0.3, -0.25) is 9.80 Å². The highest BCUT2D eigenvalue weighted by Crippen LogP contribution is 2.29. The lowest BCUT2D eigenvalue weighted by Crippen LogP contribution is -2.50. The number of rotatable bonds is 8. The fourth-order valence-electron chi connectivity index (χ4n) is 4.29. The van der Waals surface area contributed by atoms with Crippen LogP contribution >= 0.6 is 40.7 Å². The lowest BCUT2D eigenvalue weighted by atomic mass is 9.96. The molecule has 9 heteroatoms. The first kappa shape index (κ1) is 29.5. The maximum atomic E-state index is 13.9. The maximum absolute atomic E-state index is 13.9. The number of halogens is 5. The molecule has 0 spiro atoms. The zero-order chi connectivity index (χ0) is 23.2. The molecule has 0 amide bonds. The summed E-state index contributed by atoms with van der Waals surface area (Å²) in [6.07, 6.45) is -0.849. The molecule has 1 unspecified atom stereocenters. The Labute approximate surface area is 225 Å². The van der Waals surface area contributed by atoms with Crippen molar-refractivity contribution in [3.63, 3.8) is 0 Å². The van der Waals surface area contributed by atoms with Crippen LogP contribution in [0.3, 0.4) is 0 Å². The van der Waals surface area contributed by atoms with Crippen molar-refractivity contribution < 1.29 is 18.6 Å². The monoisotopic (exact) mass is 588 g/mol. The molecule has 4 rings (SSSR count). The summed E-state index contributed by atoms with van der Waals surface area (Å²) in [5.74, 6) is -2.05. The molecule has 0 aliphatic carbocycles. The van der Waals surface area contributed by atoms with Crippen LogP contribution in [0.25, 0.3) is 0 Å². The molecule has 0 bridgehead atoms. The Hall–Kier alpha value is -1.74. The number of ether oxygens (including phenoxy) is 1. The molecule has 1 saturated heterocycles. The van der Waals surface area contributed by atoms with E-state index in [4.69, 9.17) is 4.74 Å². The summed E-state index contributed by atoms with van der Waals surface area (Å²) in [6, 6.07) is 23.4. The third-order valence-corrected chi connectivity index (χ3v) is 6.31. The molecule has 1 heterocycles. The van der Waals surface area contributed by atoms with Gasteiger partial charge in [-0.15, -0.1) is 24.8 Å². The largest absolute Gasteiger partial charge is 0.485 e. The molecule has 1 aliphatic heterocycles. The average molecular weight is 590 g/mol. The summed E-state index contributed by atoms with van der Waals surface area (Å²) in [6.45, 7) is 3.47. The third-order valence-electron chi connectivity index (χ3n) is 5.85. The van der Waals surface area contributed by atoms with Gasteiger partial charge in [0.25, 0.3) is 0 Å². The molecule has 35 heavy (non-hydrogen) atoms. The minimum absolute atomic E-state index is 0. The first-order chi connectivity index (χ1) is 16.0. The lowest BCUT2D eigenvalue weighted by Gasteiger charge is -2.40. The summed E-state index contributed by atoms with van der Waals surface area (Å²) in [5, 5.41) is 10.4. The Morgan fingerprint density at radius 3 is 1.80 bits per heavy atom. The molecule has 0 saturated carbocycles. The molecule has 1 fully saturated rings. The summed E-state index contributed by atoms with van der Waals surface area (Å²) in [5.41, 5.74) is 2.51. The predicted molar refractivity (Wildman–Crippen MR) is 143 cm³/mol. The topological polar surface area (TPSA) is 35.9 Å². The minimum Gasteiger partial charge on any atom is -0.485 e. The number of hydrogen-bond donors (Lipinski definition) is 1. The standard InChI is InChI=1S/C26H27BrF2N2O2.2ClH/c27-21-15-23(28)26(24(29)16-21)33-18-22(32)17-30-11-13-31(14-12-30)25(19-7-3-1-4-8-19)20-9-5-2-6-10-20;;/h1-10,15-16,22,25,32H,11-14,17-18H2;2*1H. The fraction of sp³-hybridized carbons (Fsp3) is 0.308. The second-order valence-corrected chi connectivity index (χ2v) is 9.14. The summed E-state index contributed by atoms with van der Waals surface area (Å²) >= 11 is 3.04.